The van der Waals surface area contributed by atoms with Crippen molar-refractivity contribution in [1.29, 1.82) is 0 Å². The third-order valence-electron chi connectivity index (χ3n) is 9.10. The Hall–Kier alpha value is -5.68. The van der Waals surface area contributed by atoms with Gasteiger partial charge in [0, 0.05) is 23.4 Å². The number of fused-ring (bicyclic) bond motifs is 2. The van der Waals surface area contributed by atoms with Crippen LogP contribution in [0.4, 0.5) is 0 Å². The number of hydrogen-bond acceptors (Lipinski definition) is 14. The number of phenols is 1. The van der Waals surface area contributed by atoms with E-state index < -0.39 is 55.4 Å². The number of aryl methyl sites for hydroxylation is 2. The van der Waals surface area contributed by atoms with E-state index in [-0.39, 0.29) is 33.5 Å². The van der Waals surface area contributed by atoms with Gasteiger partial charge in [-0.05, 0) is 61.9 Å². The third-order valence-corrected chi connectivity index (χ3v) is 9.10. The van der Waals surface area contributed by atoms with E-state index >= 15 is 0 Å². The molecule has 1 fully saturated rings. The number of carbonyl (C=O) groups excluding carboxylic acids is 2. The second-order valence-electron chi connectivity index (χ2n) is 12.9. The number of aliphatic hydroxyl groups is 3. The number of carboxylic acid groups (broad SMARTS) is 1. The largest absolute Gasteiger partial charge is 0.547 e. The Labute approximate surface area is 300 Å². The molecule has 5 N–H and O–H groups in total. The molecule has 4 aromatic rings. The second kappa shape index (κ2) is 14.4. The van der Waals surface area contributed by atoms with Crippen LogP contribution in [0.15, 0.2) is 98.5 Å². The van der Waals surface area contributed by atoms with Crippen molar-refractivity contribution in [2.24, 2.45) is 4.99 Å². The standard InChI is InChI=1S/C38H34N2O13/c1-18-11-19(2)13-22(12-18)30-29-21(9-10-39-29)15-40(30)53-35-33(44)32(43)28(17-50-37(48)34(45)36(46)47)52-38(35)51-24-7-8-25-27(14-24)49-16-26(31(25)42)20-3-5-23(41)6-4-20/h3-14,16,28,32-35,38,41,43-45H,15,17H2,1-2H3,(H,46,47)/t28-,32-,33+,34+,35+,38-/m0/s1. The van der Waals surface area contributed by atoms with Crippen molar-refractivity contribution in [1.82, 2.24) is 0 Å². The van der Waals surface area contributed by atoms with Gasteiger partial charge in [0.25, 0.3) is 0 Å². The smallest absolute Gasteiger partial charge is 0.341 e. The van der Waals surface area contributed by atoms with E-state index in [0.717, 1.165) is 22.3 Å². The van der Waals surface area contributed by atoms with Gasteiger partial charge in [0.15, 0.2) is 17.2 Å². The molecule has 3 aliphatic rings. The Kier molecular flexibility index (Phi) is 9.69. The first-order chi connectivity index (χ1) is 25.4. The maximum atomic E-state index is 13.4. The van der Waals surface area contributed by atoms with Gasteiger partial charge in [-0.2, -0.15) is 9.90 Å². The second-order valence-corrected chi connectivity index (χ2v) is 12.9. The molecule has 3 aliphatic heterocycles. The van der Waals surface area contributed by atoms with Crippen LogP contribution >= 0.6 is 0 Å². The molecule has 7 rings (SSSR count). The van der Waals surface area contributed by atoms with E-state index in [1.165, 1.54) is 36.6 Å². The molecule has 0 aliphatic carbocycles. The highest BCUT2D eigenvalue weighted by atomic mass is 16.8. The normalized spacial score (nSPS) is 24.2. The van der Waals surface area contributed by atoms with Crippen LogP contribution in [0.1, 0.15) is 16.7 Å². The Bertz CT molecular complexity index is 2220. The lowest BCUT2D eigenvalue weighted by molar-refractivity contribution is -1.04. The number of nitrogens with one attached hydrogen (secondary N) is 1. The summed E-state index contributed by atoms with van der Waals surface area (Å²) in [6.45, 7) is 3.44. The number of quaternary nitrogens is 1. The Morgan fingerprint density at radius 1 is 1.02 bits per heavy atom. The minimum atomic E-state index is -2.59. The molecule has 1 saturated heterocycles. The van der Waals surface area contributed by atoms with Crippen molar-refractivity contribution < 1.29 is 63.7 Å². The van der Waals surface area contributed by atoms with Crippen molar-refractivity contribution in [3.8, 4) is 22.6 Å². The van der Waals surface area contributed by atoms with Gasteiger partial charge in [0.2, 0.25) is 12.4 Å². The summed E-state index contributed by atoms with van der Waals surface area (Å²) in [6.07, 6.45) is -5.59. The minimum absolute atomic E-state index is 0.0408. The van der Waals surface area contributed by atoms with Crippen LogP contribution in [0.3, 0.4) is 0 Å². The number of allylic oxidation sites excluding steroid dienone is 1. The first kappa shape index (κ1) is 35.7. The van der Waals surface area contributed by atoms with Gasteiger partial charge in [-0.1, -0.05) is 29.3 Å². The minimum Gasteiger partial charge on any atom is -0.547 e. The van der Waals surface area contributed by atoms with E-state index in [1.54, 1.807) is 18.3 Å². The summed E-state index contributed by atoms with van der Waals surface area (Å²) in [5.74, 6) is -3.50. The molecule has 53 heavy (non-hydrogen) atoms. The van der Waals surface area contributed by atoms with Gasteiger partial charge < -0.3 is 49.0 Å². The van der Waals surface area contributed by atoms with Gasteiger partial charge in [-0.15, -0.1) is 0 Å². The fraction of sp³-hybridized carbons (Fsp3) is 0.263. The average molecular weight is 727 g/mol. The van der Waals surface area contributed by atoms with E-state index in [9.17, 15) is 39.9 Å². The maximum Gasteiger partial charge on any atom is 0.341 e. The van der Waals surface area contributed by atoms with E-state index in [0.29, 0.717) is 28.6 Å². The number of carboxylic acids is 1. The molecule has 4 heterocycles. The molecule has 274 valence electrons. The van der Waals surface area contributed by atoms with Crippen LogP contribution in [0.25, 0.3) is 27.8 Å². The number of esters is 1. The van der Waals surface area contributed by atoms with Crippen LogP contribution in [-0.2, 0) is 23.9 Å². The van der Waals surface area contributed by atoms with Crippen molar-refractivity contribution in [3.05, 3.63) is 111 Å². The lowest BCUT2D eigenvalue weighted by Gasteiger charge is -2.41. The third kappa shape index (κ3) is 7.09. The number of aliphatic hydroxyl groups excluding tert-OH is 3. The number of aliphatic carboxylic acids is 1. The quantitative estimate of drug-likeness (QED) is 0.106. The predicted octanol–water partition coefficient (Wildman–Crippen LogP) is -0.160. The Morgan fingerprint density at radius 3 is 2.47 bits per heavy atom. The lowest BCUT2D eigenvalue weighted by Crippen LogP contribution is -3.08. The number of hydroxylamine groups is 2. The van der Waals surface area contributed by atoms with Crippen molar-refractivity contribution in [2.75, 3.05) is 13.2 Å². The zero-order chi connectivity index (χ0) is 37.6. The molecule has 0 amide bonds. The molecule has 3 aromatic carbocycles. The number of phenolic OH excluding ortho intramolecular Hbond substituents is 1. The zero-order valence-electron chi connectivity index (χ0n) is 28.3. The van der Waals surface area contributed by atoms with Crippen molar-refractivity contribution in [2.45, 2.75) is 50.7 Å². The molecule has 15 heteroatoms. The number of benzene rings is 3. The fourth-order valence-corrected chi connectivity index (χ4v) is 6.57. The van der Waals surface area contributed by atoms with E-state index in [4.69, 9.17) is 23.5 Å². The van der Waals surface area contributed by atoms with Gasteiger partial charge in [0.05, 0.1) is 16.9 Å². The topological polar surface area (TPSA) is 222 Å². The number of hydrogen-bond donors (Lipinski definition) is 5. The average Bonchev–Trinajstić information content (AvgIpc) is 3.71. The number of carbonyl (C=O) groups is 2. The van der Waals surface area contributed by atoms with Gasteiger partial charge >= 0.3 is 5.97 Å². The summed E-state index contributed by atoms with van der Waals surface area (Å²) in [5.41, 5.74) is 5.69. The number of aliphatic imine (C=N–C) groups is 1. The summed E-state index contributed by atoms with van der Waals surface area (Å²) >= 11 is 0. The molecule has 1 aromatic heterocycles. The van der Waals surface area contributed by atoms with Gasteiger partial charge in [0.1, 0.15) is 60.5 Å². The summed E-state index contributed by atoms with van der Waals surface area (Å²) in [4.78, 5) is 47.4. The molecular formula is C38H34N2O13. The van der Waals surface area contributed by atoms with Crippen molar-refractivity contribution in [3.63, 3.8) is 0 Å². The summed E-state index contributed by atoms with van der Waals surface area (Å²) in [6, 6.07) is 16.4. The van der Waals surface area contributed by atoms with Crippen LogP contribution < -0.4 is 20.3 Å². The first-order valence-electron chi connectivity index (χ1n) is 16.6. The first-order valence-corrected chi connectivity index (χ1v) is 16.6. The summed E-state index contributed by atoms with van der Waals surface area (Å²) in [5, 5.41) is 53.4. The fourth-order valence-electron chi connectivity index (χ4n) is 6.57. The molecule has 0 bridgehead atoms. The zero-order valence-corrected chi connectivity index (χ0v) is 28.3. The number of nitrogens with zero attached hydrogens (tertiary/aromatic N) is 1. The number of rotatable bonds is 10. The van der Waals surface area contributed by atoms with Crippen LogP contribution in [-0.4, -0.2) is 88.5 Å². The van der Waals surface area contributed by atoms with Crippen LogP contribution in [0.5, 0.6) is 11.5 Å². The Morgan fingerprint density at radius 2 is 1.75 bits per heavy atom. The highest BCUT2D eigenvalue weighted by molar-refractivity contribution is 5.95. The van der Waals surface area contributed by atoms with Crippen LogP contribution in [0.2, 0.25) is 0 Å². The molecule has 0 spiro atoms. The van der Waals surface area contributed by atoms with Gasteiger partial charge in [-0.3, -0.25) is 4.79 Å². The summed E-state index contributed by atoms with van der Waals surface area (Å²) in [7, 11) is 0. The number of aromatic hydroxyl groups is 1. The number of ether oxygens (including phenoxy) is 3. The predicted molar refractivity (Wildman–Crippen MR) is 183 cm³/mol. The maximum absolute atomic E-state index is 13.4. The SMILES string of the molecule is Cc1cc(C)cc(C2=C3N=CC=C3C[NH+]2O[C@H]2[C@@H](Oc3ccc4c(=O)c(-c5ccc(O)cc5)coc4c3)O[C@@H](COC(=O)[C@H](O)C(=O)[O-])[C@H](O)[C@H]2O)c1. The monoisotopic (exact) mass is 726 g/mol. The highest BCUT2D eigenvalue weighted by Gasteiger charge is 2.51. The van der Waals surface area contributed by atoms with E-state index in [2.05, 4.69) is 4.99 Å². The molecule has 0 saturated carbocycles. The molecule has 7 atom stereocenters. The molecular weight excluding hydrogens is 692 g/mol. The molecule has 1 unspecified atom stereocenters. The van der Waals surface area contributed by atoms with Crippen LogP contribution in [0, 0.1) is 13.8 Å². The molecule has 0 radical (unpaired) electrons. The van der Waals surface area contributed by atoms with Gasteiger partial charge in [-0.25, -0.2) is 9.79 Å². The highest BCUT2D eigenvalue weighted by Crippen LogP contribution is 2.32. The molecule has 15 nitrogen and oxygen atoms in total. The summed E-state index contributed by atoms with van der Waals surface area (Å²) < 4.78 is 22.9. The van der Waals surface area contributed by atoms with E-state index in [1.807, 2.05) is 38.1 Å². The lowest BCUT2D eigenvalue weighted by atomic mass is 9.99. The Balaban J connectivity index is 1.20. The van der Waals surface area contributed by atoms with Crippen molar-refractivity contribution >= 4 is 34.8 Å².